The number of H-pyrrole nitrogens is 2. The summed E-state index contributed by atoms with van der Waals surface area (Å²) in [5, 5.41) is 2.71. The van der Waals surface area contributed by atoms with Gasteiger partial charge >= 0.3 is 5.69 Å². The van der Waals surface area contributed by atoms with E-state index in [0.29, 0.717) is 18.9 Å². The summed E-state index contributed by atoms with van der Waals surface area (Å²) in [7, 11) is 0. The first-order chi connectivity index (χ1) is 7.63. The van der Waals surface area contributed by atoms with Crippen LogP contribution < -0.4 is 16.6 Å². The highest BCUT2D eigenvalue weighted by Crippen LogP contribution is 1.99. The average molecular weight is 225 g/mol. The molecule has 0 unspecified atom stereocenters. The van der Waals surface area contributed by atoms with Gasteiger partial charge in [0.2, 0.25) is 5.91 Å². The SMILES string of the molecule is O=C(Cc1cc(=O)[nH]c(=O)[nH]1)NC1COC1. The average Bonchev–Trinajstić information content (AvgIpc) is 2.09. The third-order valence-electron chi connectivity index (χ3n) is 2.17. The van der Waals surface area contributed by atoms with E-state index in [2.05, 4.69) is 10.3 Å². The van der Waals surface area contributed by atoms with Gasteiger partial charge in [-0.15, -0.1) is 0 Å². The predicted molar refractivity (Wildman–Crippen MR) is 54.1 cm³/mol. The Morgan fingerprint density at radius 1 is 1.44 bits per heavy atom. The van der Waals surface area contributed by atoms with Crippen LogP contribution in [0.25, 0.3) is 0 Å². The summed E-state index contributed by atoms with van der Waals surface area (Å²) in [6.07, 6.45) is -0.0182. The molecule has 7 heteroatoms. The fourth-order valence-corrected chi connectivity index (χ4v) is 1.39. The van der Waals surface area contributed by atoms with Crippen molar-refractivity contribution in [2.75, 3.05) is 13.2 Å². The molecule has 0 aromatic carbocycles. The molecule has 86 valence electrons. The highest BCUT2D eigenvalue weighted by molar-refractivity contribution is 5.78. The van der Waals surface area contributed by atoms with Crippen molar-refractivity contribution in [3.63, 3.8) is 0 Å². The lowest BCUT2D eigenvalue weighted by atomic mass is 10.2. The van der Waals surface area contributed by atoms with Crippen molar-refractivity contribution in [2.24, 2.45) is 0 Å². The Hall–Kier alpha value is -1.89. The molecule has 1 aromatic rings. The molecule has 0 atom stereocenters. The van der Waals surface area contributed by atoms with Gasteiger partial charge in [-0.2, -0.15) is 0 Å². The number of aromatic nitrogens is 2. The molecule has 3 N–H and O–H groups in total. The van der Waals surface area contributed by atoms with Crippen LogP contribution in [-0.2, 0) is 16.0 Å². The van der Waals surface area contributed by atoms with Gasteiger partial charge in [-0.05, 0) is 0 Å². The molecule has 0 aliphatic carbocycles. The Labute approximate surface area is 89.8 Å². The van der Waals surface area contributed by atoms with Gasteiger partial charge in [-0.3, -0.25) is 14.6 Å². The maximum Gasteiger partial charge on any atom is 0.325 e. The second-order valence-corrected chi connectivity index (χ2v) is 3.59. The van der Waals surface area contributed by atoms with E-state index in [1.165, 1.54) is 6.07 Å². The molecule has 2 heterocycles. The molecule has 0 radical (unpaired) electrons. The fourth-order valence-electron chi connectivity index (χ4n) is 1.39. The Morgan fingerprint density at radius 2 is 2.19 bits per heavy atom. The zero-order chi connectivity index (χ0) is 11.5. The number of aromatic amines is 2. The van der Waals surface area contributed by atoms with E-state index in [4.69, 9.17) is 4.74 Å². The largest absolute Gasteiger partial charge is 0.377 e. The van der Waals surface area contributed by atoms with E-state index >= 15 is 0 Å². The quantitative estimate of drug-likeness (QED) is 0.560. The molecule has 1 aromatic heterocycles. The van der Waals surface area contributed by atoms with Crippen LogP contribution in [0.2, 0.25) is 0 Å². The number of amides is 1. The maximum absolute atomic E-state index is 11.4. The first-order valence-corrected chi connectivity index (χ1v) is 4.83. The van der Waals surface area contributed by atoms with Crippen LogP contribution in [0.15, 0.2) is 15.7 Å². The van der Waals surface area contributed by atoms with E-state index in [9.17, 15) is 14.4 Å². The number of nitrogens with one attached hydrogen (secondary N) is 3. The van der Waals surface area contributed by atoms with Crippen LogP contribution in [-0.4, -0.2) is 35.1 Å². The van der Waals surface area contributed by atoms with Gasteiger partial charge in [0.1, 0.15) is 0 Å². The van der Waals surface area contributed by atoms with Crippen LogP contribution in [0, 0.1) is 0 Å². The first kappa shape index (κ1) is 10.6. The van der Waals surface area contributed by atoms with E-state index in [1.54, 1.807) is 0 Å². The van der Waals surface area contributed by atoms with Gasteiger partial charge in [-0.1, -0.05) is 0 Å². The Kier molecular flexibility index (Phi) is 2.86. The number of ether oxygens (including phenoxy) is 1. The summed E-state index contributed by atoms with van der Waals surface area (Å²) in [5.74, 6) is -0.241. The summed E-state index contributed by atoms with van der Waals surface area (Å²) < 4.78 is 4.90. The zero-order valence-corrected chi connectivity index (χ0v) is 8.41. The van der Waals surface area contributed by atoms with Crippen molar-refractivity contribution in [1.82, 2.24) is 15.3 Å². The number of hydrogen-bond acceptors (Lipinski definition) is 4. The number of carbonyl (C=O) groups is 1. The fraction of sp³-hybridized carbons (Fsp3) is 0.444. The third kappa shape index (κ3) is 2.57. The Balaban J connectivity index is 1.99. The van der Waals surface area contributed by atoms with Crippen molar-refractivity contribution in [1.29, 1.82) is 0 Å². The molecule has 0 saturated carbocycles. The summed E-state index contributed by atoms with van der Waals surface area (Å²) in [4.78, 5) is 37.7. The summed E-state index contributed by atoms with van der Waals surface area (Å²) in [6.45, 7) is 1.02. The molecule has 1 amide bonds. The van der Waals surface area contributed by atoms with Gasteiger partial charge in [-0.25, -0.2) is 4.79 Å². The minimum atomic E-state index is -0.609. The maximum atomic E-state index is 11.4. The van der Waals surface area contributed by atoms with Gasteiger partial charge in [0.15, 0.2) is 0 Å². The van der Waals surface area contributed by atoms with Crippen LogP contribution >= 0.6 is 0 Å². The number of rotatable bonds is 3. The minimum absolute atomic E-state index is 0.0182. The number of hydrogen-bond donors (Lipinski definition) is 3. The topological polar surface area (TPSA) is 104 Å². The molecule has 1 fully saturated rings. The van der Waals surface area contributed by atoms with Crippen LogP contribution in [0.5, 0.6) is 0 Å². The molecule has 16 heavy (non-hydrogen) atoms. The normalized spacial score (nSPS) is 15.5. The van der Waals surface area contributed by atoms with Gasteiger partial charge in [0.05, 0.1) is 25.7 Å². The molecular formula is C9H11N3O4. The van der Waals surface area contributed by atoms with Gasteiger partial charge < -0.3 is 15.0 Å². The summed E-state index contributed by atoms with van der Waals surface area (Å²) in [5.41, 5.74) is -0.827. The lowest BCUT2D eigenvalue weighted by molar-refractivity contribution is -0.124. The molecule has 1 saturated heterocycles. The highest BCUT2D eigenvalue weighted by atomic mass is 16.5. The van der Waals surface area contributed by atoms with Gasteiger partial charge in [0.25, 0.3) is 5.56 Å². The second-order valence-electron chi connectivity index (χ2n) is 3.59. The Bertz CT molecular complexity index is 472. The molecule has 1 aliphatic rings. The number of carbonyl (C=O) groups excluding carboxylic acids is 1. The van der Waals surface area contributed by atoms with Gasteiger partial charge in [0, 0.05) is 11.8 Å². The minimum Gasteiger partial charge on any atom is -0.377 e. The van der Waals surface area contributed by atoms with E-state index in [0.717, 1.165) is 0 Å². The van der Waals surface area contributed by atoms with E-state index < -0.39 is 11.2 Å². The van der Waals surface area contributed by atoms with Crippen molar-refractivity contribution >= 4 is 5.91 Å². The monoisotopic (exact) mass is 225 g/mol. The standard InChI is InChI=1S/C9H11N3O4/c13-7(10-6-3-16-4-6)1-5-2-8(14)12-9(15)11-5/h2,6H,1,3-4H2,(H,10,13)(H2,11,12,14,15). The second kappa shape index (κ2) is 4.31. The molecule has 1 aliphatic heterocycles. The van der Waals surface area contributed by atoms with Crippen LogP contribution in [0.4, 0.5) is 0 Å². The summed E-state index contributed by atoms with van der Waals surface area (Å²) in [6, 6.07) is 1.24. The van der Waals surface area contributed by atoms with Crippen molar-refractivity contribution in [3.8, 4) is 0 Å². The van der Waals surface area contributed by atoms with Crippen LogP contribution in [0.1, 0.15) is 5.69 Å². The van der Waals surface area contributed by atoms with Crippen LogP contribution in [0.3, 0.4) is 0 Å². The molecular weight excluding hydrogens is 214 g/mol. The highest BCUT2D eigenvalue weighted by Gasteiger charge is 2.20. The van der Waals surface area contributed by atoms with E-state index in [1.807, 2.05) is 4.98 Å². The van der Waals surface area contributed by atoms with Crippen molar-refractivity contribution in [3.05, 3.63) is 32.6 Å². The molecule has 0 spiro atoms. The summed E-state index contributed by atoms with van der Waals surface area (Å²) >= 11 is 0. The zero-order valence-electron chi connectivity index (χ0n) is 8.41. The molecule has 7 nitrogen and oxygen atoms in total. The Morgan fingerprint density at radius 3 is 2.75 bits per heavy atom. The lowest BCUT2D eigenvalue weighted by Crippen LogP contribution is -2.49. The third-order valence-corrected chi connectivity index (χ3v) is 2.17. The lowest BCUT2D eigenvalue weighted by Gasteiger charge is -2.26. The molecule has 0 bridgehead atoms. The first-order valence-electron chi connectivity index (χ1n) is 4.83. The van der Waals surface area contributed by atoms with Crippen molar-refractivity contribution in [2.45, 2.75) is 12.5 Å². The smallest absolute Gasteiger partial charge is 0.325 e. The van der Waals surface area contributed by atoms with Crippen molar-refractivity contribution < 1.29 is 9.53 Å². The van der Waals surface area contributed by atoms with E-state index in [-0.39, 0.29) is 18.4 Å². The molecule has 2 rings (SSSR count). The predicted octanol–water partition coefficient (Wildman–Crippen LogP) is -1.88.